The third-order valence-corrected chi connectivity index (χ3v) is 3.61. The van der Waals surface area contributed by atoms with Crippen LogP contribution in [0, 0.1) is 26.6 Å². The molecule has 2 aromatic carbocycles. The first-order valence-corrected chi connectivity index (χ1v) is 7.48. The highest BCUT2D eigenvalue weighted by Gasteiger charge is 2.04. The van der Waals surface area contributed by atoms with E-state index in [1.807, 2.05) is 26.0 Å². The third kappa shape index (κ3) is 4.78. The molecule has 0 aromatic heterocycles. The number of nitrogens with one attached hydrogen (secondary N) is 2. The van der Waals surface area contributed by atoms with Gasteiger partial charge in [-0.1, -0.05) is 6.07 Å². The predicted octanol–water partition coefficient (Wildman–Crippen LogP) is 3.88. The van der Waals surface area contributed by atoms with Gasteiger partial charge in [-0.2, -0.15) is 0 Å². The maximum Gasteiger partial charge on any atom is 0.248 e. The monoisotopic (exact) mass is 326 g/mol. The highest BCUT2D eigenvalue weighted by atomic mass is 19.1. The van der Waals surface area contributed by atoms with Gasteiger partial charge >= 0.3 is 0 Å². The van der Waals surface area contributed by atoms with E-state index in [2.05, 4.69) is 10.6 Å². The van der Waals surface area contributed by atoms with Crippen LogP contribution in [0.4, 0.5) is 15.8 Å². The summed E-state index contributed by atoms with van der Waals surface area (Å²) in [5.41, 5.74) is 3.98. The van der Waals surface area contributed by atoms with Crippen molar-refractivity contribution in [1.82, 2.24) is 0 Å². The van der Waals surface area contributed by atoms with Gasteiger partial charge in [0.2, 0.25) is 11.8 Å². The molecule has 2 rings (SSSR count). The largest absolute Gasteiger partial charge is 0.323 e. The molecule has 0 aliphatic carbocycles. The smallest absolute Gasteiger partial charge is 0.248 e. The number of hydrogen-bond donors (Lipinski definition) is 2. The van der Waals surface area contributed by atoms with E-state index in [1.165, 1.54) is 18.2 Å². The lowest BCUT2D eigenvalue weighted by Crippen LogP contribution is -2.12. The van der Waals surface area contributed by atoms with Crippen LogP contribution >= 0.6 is 0 Å². The molecule has 4 nitrogen and oxygen atoms in total. The maximum absolute atomic E-state index is 13.0. The first kappa shape index (κ1) is 17.4. The summed E-state index contributed by atoms with van der Waals surface area (Å²) >= 11 is 0. The van der Waals surface area contributed by atoms with Gasteiger partial charge in [0.15, 0.2) is 0 Å². The molecule has 0 fully saturated rings. The molecule has 0 saturated heterocycles. The van der Waals surface area contributed by atoms with Crippen LogP contribution < -0.4 is 10.6 Å². The number of halogens is 1. The van der Waals surface area contributed by atoms with Gasteiger partial charge in [0.25, 0.3) is 0 Å². The van der Waals surface area contributed by atoms with Gasteiger partial charge in [-0.25, -0.2) is 4.39 Å². The Balaban J connectivity index is 1.95. The summed E-state index contributed by atoms with van der Waals surface area (Å²) in [4.78, 5) is 23.7. The van der Waals surface area contributed by atoms with Crippen molar-refractivity contribution in [2.24, 2.45) is 0 Å². The van der Waals surface area contributed by atoms with Crippen molar-refractivity contribution in [1.29, 1.82) is 0 Å². The van der Waals surface area contributed by atoms with E-state index in [0.717, 1.165) is 23.3 Å². The van der Waals surface area contributed by atoms with Gasteiger partial charge in [-0.3, -0.25) is 9.59 Å². The van der Waals surface area contributed by atoms with E-state index >= 15 is 0 Å². The van der Waals surface area contributed by atoms with E-state index in [4.69, 9.17) is 0 Å². The second-order valence-corrected chi connectivity index (χ2v) is 5.57. The zero-order valence-electron chi connectivity index (χ0n) is 13.8. The minimum atomic E-state index is -0.458. The normalized spacial score (nSPS) is 10.7. The summed E-state index contributed by atoms with van der Waals surface area (Å²) in [7, 11) is 0. The van der Waals surface area contributed by atoms with Gasteiger partial charge in [0.1, 0.15) is 5.82 Å². The van der Waals surface area contributed by atoms with Crippen LogP contribution in [0.15, 0.2) is 48.6 Å². The lowest BCUT2D eigenvalue weighted by Gasteiger charge is -2.07. The van der Waals surface area contributed by atoms with E-state index in [9.17, 15) is 14.0 Å². The zero-order valence-corrected chi connectivity index (χ0v) is 13.8. The van der Waals surface area contributed by atoms with E-state index in [-0.39, 0.29) is 5.82 Å². The standard InChI is InChI=1S/C19H19FN2O2/c1-12-4-6-16(11-13(12)2)21-18(23)8-9-19(24)22-17-7-5-15(20)10-14(17)3/h4-11H,1-3H3,(H,21,23)(H,22,24)/b9-8-. The van der Waals surface area contributed by atoms with Crippen molar-refractivity contribution >= 4 is 23.2 Å². The molecule has 124 valence electrons. The second-order valence-electron chi connectivity index (χ2n) is 5.57. The topological polar surface area (TPSA) is 58.2 Å². The fourth-order valence-corrected chi connectivity index (χ4v) is 2.10. The molecule has 2 amide bonds. The number of aryl methyl sites for hydroxylation is 3. The molecule has 2 aromatic rings. The molecule has 0 radical (unpaired) electrons. The van der Waals surface area contributed by atoms with Crippen LogP contribution in [0.25, 0.3) is 0 Å². The Morgan fingerprint density at radius 1 is 0.833 bits per heavy atom. The van der Waals surface area contributed by atoms with Gasteiger partial charge < -0.3 is 10.6 Å². The molecule has 2 N–H and O–H groups in total. The number of amides is 2. The van der Waals surface area contributed by atoms with E-state index < -0.39 is 11.8 Å². The van der Waals surface area contributed by atoms with Crippen molar-refractivity contribution in [2.75, 3.05) is 10.6 Å². The Bertz CT molecular complexity index is 813. The summed E-state index contributed by atoms with van der Waals surface area (Å²) in [6.07, 6.45) is 2.29. The lowest BCUT2D eigenvalue weighted by atomic mass is 10.1. The molecule has 0 bridgehead atoms. The molecule has 5 heteroatoms. The average molecular weight is 326 g/mol. The van der Waals surface area contributed by atoms with Gasteiger partial charge in [-0.05, 0) is 67.8 Å². The molecule has 0 aliphatic heterocycles. The first-order valence-electron chi connectivity index (χ1n) is 7.48. The minimum Gasteiger partial charge on any atom is -0.323 e. The Morgan fingerprint density at radius 3 is 2.12 bits per heavy atom. The number of carbonyl (C=O) groups is 2. The van der Waals surface area contributed by atoms with Crippen molar-refractivity contribution < 1.29 is 14.0 Å². The summed E-state index contributed by atoms with van der Waals surface area (Å²) in [5, 5.41) is 5.29. The quantitative estimate of drug-likeness (QED) is 0.838. The number of anilines is 2. The van der Waals surface area contributed by atoms with Crippen molar-refractivity contribution in [2.45, 2.75) is 20.8 Å². The Kier molecular flexibility index (Phi) is 5.47. The average Bonchev–Trinajstić information content (AvgIpc) is 2.52. The predicted molar refractivity (Wildman–Crippen MR) is 93.5 cm³/mol. The molecule has 0 saturated carbocycles. The number of rotatable bonds is 4. The Labute approximate surface area is 140 Å². The highest BCUT2D eigenvalue weighted by molar-refractivity contribution is 6.07. The number of carbonyl (C=O) groups excluding carboxylic acids is 2. The maximum atomic E-state index is 13.0. The van der Waals surface area contributed by atoms with Crippen molar-refractivity contribution in [3.05, 3.63) is 71.1 Å². The zero-order chi connectivity index (χ0) is 17.7. The van der Waals surface area contributed by atoms with Crippen LogP contribution in [0.1, 0.15) is 16.7 Å². The lowest BCUT2D eigenvalue weighted by molar-refractivity contribution is -0.114. The molecule has 0 unspecified atom stereocenters. The minimum absolute atomic E-state index is 0.367. The molecule has 24 heavy (non-hydrogen) atoms. The van der Waals surface area contributed by atoms with Crippen LogP contribution in [-0.2, 0) is 9.59 Å². The molecule has 0 aliphatic rings. The van der Waals surface area contributed by atoms with E-state index in [0.29, 0.717) is 16.9 Å². The fraction of sp³-hybridized carbons (Fsp3) is 0.158. The second kappa shape index (κ2) is 7.55. The Morgan fingerprint density at radius 2 is 1.50 bits per heavy atom. The van der Waals surface area contributed by atoms with Crippen LogP contribution in [0.2, 0.25) is 0 Å². The fourth-order valence-electron chi connectivity index (χ4n) is 2.10. The summed E-state index contributed by atoms with van der Waals surface area (Å²) < 4.78 is 13.0. The van der Waals surface area contributed by atoms with Crippen molar-refractivity contribution in [3.8, 4) is 0 Å². The van der Waals surface area contributed by atoms with Crippen LogP contribution in [0.5, 0.6) is 0 Å². The van der Waals surface area contributed by atoms with Gasteiger partial charge in [-0.15, -0.1) is 0 Å². The summed E-state index contributed by atoms with van der Waals surface area (Å²) in [6.45, 7) is 5.64. The molecule has 0 spiro atoms. The van der Waals surface area contributed by atoms with Gasteiger partial charge in [0, 0.05) is 23.5 Å². The Hall–Kier alpha value is -2.95. The summed E-state index contributed by atoms with van der Waals surface area (Å²) in [6, 6.07) is 9.65. The van der Waals surface area contributed by atoms with Crippen LogP contribution in [0.3, 0.4) is 0 Å². The van der Waals surface area contributed by atoms with E-state index in [1.54, 1.807) is 13.0 Å². The van der Waals surface area contributed by atoms with Crippen molar-refractivity contribution in [3.63, 3.8) is 0 Å². The SMILES string of the molecule is Cc1ccc(NC(=O)/C=C\C(=O)Nc2ccc(F)cc2C)cc1C. The molecular weight excluding hydrogens is 307 g/mol. The summed E-state index contributed by atoms with van der Waals surface area (Å²) in [5.74, 6) is -1.22. The highest BCUT2D eigenvalue weighted by Crippen LogP contribution is 2.16. The number of benzene rings is 2. The molecule has 0 atom stereocenters. The molecule has 0 heterocycles. The number of hydrogen-bond acceptors (Lipinski definition) is 2. The first-order chi connectivity index (χ1) is 11.3. The van der Waals surface area contributed by atoms with Crippen LogP contribution in [-0.4, -0.2) is 11.8 Å². The van der Waals surface area contributed by atoms with Gasteiger partial charge in [0.05, 0.1) is 0 Å². The third-order valence-electron chi connectivity index (χ3n) is 3.61. The molecular formula is C19H19FN2O2.